The van der Waals surface area contributed by atoms with Crippen molar-refractivity contribution in [2.75, 3.05) is 7.11 Å². The number of carbonyl (C=O) groups excluding carboxylic acids is 1. The lowest BCUT2D eigenvalue weighted by atomic mass is 10.1. The molecule has 0 aliphatic carbocycles. The fraction of sp³-hybridized carbons (Fsp3) is 0.100. The molecule has 3 heterocycles. The number of fused-ring (bicyclic) bond motifs is 1. The molecule has 0 saturated heterocycles. The molecular formula is C20H15FN4O2. The summed E-state index contributed by atoms with van der Waals surface area (Å²) in [7, 11) is 1.32. The van der Waals surface area contributed by atoms with Gasteiger partial charge in [0, 0.05) is 11.8 Å². The highest BCUT2D eigenvalue weighted by molar-refractivity contribution is 6.05. The Hall–Kier alpha value is -3.61. The maximum absolute atomic E-state index is 13.3. The molecule has 1 aromatic carbocycles. The topological polar surface area (TPSA) is 69.9 Å². The highest BCUT2D eigenvalue weighted by atomic mass is 19.1. The molecule has 4 aromatic rings. The smallest absolute Gasteiger partial charge is 0.338 e. The van der Waals surface area contributed by atoms with E-state index in [1.807, 2.05) is 6.07 Å². The minimum Gasteiger partial charge on any atom is -0.465 e. The van der Waals surface area contributed by atoms with Crippen molar-refractivity contribution in [1.82, 2.24) is 19.7 Å². The Morgan fingerprint density at radius 3 is 2.59 bits per heavy atom. The van der Waals surface area contributed by atoms with Crippen LogP contribution in [0.3, 0.4) is 0 Å². The number of rotatable bonds is 3. The Bertz CT molecular complexity index is 1140. The first kappa shape index (κ1) is 16.8. The van der Waals surface area contributed by atoms with Gasteiger partial charge in [-0.1, -0.05) is 6.07 Å². The molecular weight excluding hydrogens is 347 g/mol. The van der Waals surface area contributed by atoms with Crippen LogP contribution >= 0.6 is 0 Å². The summed E-state index contributed by atoms with van der Waals surface area (Å²) in [5, 5.41) is 5.11. The quantitative estimate of drug-likeness (QED) is 0.520. The number of benzene rings is 1. The molecule has 0 atom stereocenters. The van der Waals surface area contributed by atoms with Crippen LogP contribution in [0.1, 0.15) is 16.1 Å². The van der Waals surface area contributed by atoms with Crippen molar-refractivity contribution in [2.45, 2.75) is 6.92 Å². The van der Waals surface area contributed by atoms with Crippen LogP contribution < -0.4 is 0 Å². The fourth-order valence-electron chi connectivity index (χ4n) is 2.97. The normalized spacial score (nSPS) is 10.9. The van der Waals surface area contributed by atoms with E-state index in [1.54, 1.807) is 48.1 Å². The molecule has 6 nitrogen and oxygen atoms in total. The number of aryl methyl sites for hydroxylation is 1. The minimum absolute atomic E-state index is 0.345. The van der Waals surface area contributed by atoms with Crippen LogP contribution in [0.25, 0.3) is 28.1 Å². The largest absolute Gasteiger partial charge is 0.465 e. The van der Waals surface area contributed by atoms with Crippen molar-refractivity contribution >= 4 is 17.0 Å². The van der Waals surface area contributed by atoms with E-state index in [9.17, 15) is 9.18 Å². The Morgan fingerprint density at radius 1 is 1.15 bits per heavy atom. The van der Waals surface area contributed by atoms with E-state index in [0.29, 0.717) is 39.4 Å². The van der Waals surface area contributed by atoms with Gasteiger partial charge in [-0.2, -0.15) is 9.78 Å². The van der Waals surface area contributed by atoms with Gasteiger partial charge in [0.15, 0.2) is 11.5 Å². The van der Waals surface area contributed by atoms with Crippen LogP contribution in [0.5, 0.6) is 0 Å². The molecule has 0 saturated carbocycles. The van der Waals surface area contributed by atoms with E-state index in [2.05, 4.69) is 15.1 Å². The third kappa shape index (κ3) is 2.93. The predicted molar refractivity (Wildman–Crippen MR) is 98.1 cm³/mol. The number of halogens is 1. The maximum atomic E-state index is 13.3. The van der Waals surface area contributed by atoms with Gasteiger partial charge in [-0.05, 0) is 49.4 Å². The van der Waals surface area contributed by atoms with Gasteiger partial charge in [-0.15, -0.1) is 0 Å². The molecule has 4 rings (SSSR count). The number of ether oxygens (including phenoxy) is 1. The molecule has 0 amide bonds. The van der Waals surface area contributed by atoms with Crippen LogP contribution in [-0.2, 0) is 4.74 Å². The third-order valence-corrected chi connectivity index (χ3v) is 4.22. The fourth-order valence-corrected chi connectivity index (χ4v) is 2.97. The Labute approximate surface area is 154 Å². The number of pyridine rings is 2. The summed E-state index contributed by atoms with van der Waals surface area (Å²) in [6.45, 7) is 1.80. The van der Waals surface area contributed by atoms with Crippen molar-refractivity contribution < 1.29 is 13.9 Å². The number of hydrogen-bond donors (Lipinski definition) is 0. The summed E-state index contributed by atoms with van der Waals surface area (Å²) in [6, 6.07) is 13.0. The molecule has 27 heavy (non-hydrogen) atoms. The highest BCUT2D eigenvalue weighted by Gasteiger charge is 2.21. The zero-order valence-electron chi connectivity index (χ0n) is 14.7. The predicted octanol–water partition coefficient (Wildman–Crippen LogP) is 3.72. The van der Waals surface area contributed by atoms with Crippen molar-refractivity contribution in [1.29, 1.82) is 0 Å². The van der Waals surface area contributed by atoms with Gasteiger partial charge >= 0.3 is 5.97 Å². The lowest BCUT2D eigenvalue weighted by molar-refractivity contribution is 0.0603. The van der Waals surface area contributed by atoms with E-state index in [-0.39, 0.29) is 5.82 Å². The highest BCUT2D eigenvalue weighted by Crippen LogP contribution is 2.29. The average molecular weight is 362 g/mol. The molecule has 0 aliphatic rings. The number of hydrogen-bond acceptors (Lipinski definition) is 5. The summed E-state index contributed by atoms with van der Waals surface area (Å²) in [6.07, 6.45) is 1.66. The average Bonchev–Trinajstić information content (AvgIpc) is 3.04. The first-order valence-corrected chi connectivity index (χ1v) is 8.24. The lowest BCUT2D eigenvalue weighted by Crippen LogP contribution is -2.05. The summed E-state index contributed by atoms with van der Waals surface area (Å²) in [4.78, 5) is 21.4. The van der Waals surface area contributed by atoms with Crippen LogP contribution in [0.2, 0.25) is 0 Å². The van der Waals surface area contributed by atoms with Crippen molar-refractivity contribution in [2.24, 2.45) is 0 Å². The maximum Gasteiger partial charge on any atom is 0.338 e. The third-order valence-electron chi connectivity index (χ3n) is 4.22. The Balaban J connectivity index is 2.04. The van der Waals surface area contributed by atoms with Crippen LogP contribution in [0.15, 0.2) is 54.7 Å². The van der Waals surface area contributed by atoms with Crippen molar-refractivity contribution in [3.63, 3.8) is 0 Å². The molecule has 0 N–H and O–H groups in total. The number of carbonyl (C=O) groups is 1. The molecule has 0 spiro atoms. The van der Waals surface area contributed by atoms with Gasteiger partial charge in [0.1, 0.15) is 5.82 Å². The molecule has 3 aromatic heterocycles. The van der Waals surface area contributed by atoms with Crippen molar-refractivity contribution in [3.8, 4) is 17.1 Å². The van der Waals surface area contributed by atoms with Gasteiger partial charge in [-0.25, -0.2) is 19.2 Å². The van der Waals surface area contributed by atoms with Crippen LogP contribution in [-0.4, -0.2) is 32.8 Å². The minimum atomic E-state index is -0.491. The van der Waals surface area contributed by atoms with Gasteiger partial charge in [-0.3, -0.25) is 0 Å². The molecule has 0 fully saturated rings. The number of nitrogens with zero attached hydrogens (tertiary/aromatic N) is 4. The summed E-state index contributed by atoms with van der Waals surface area (Å²) in [5.41, 5.74) is 2.65. The number of aromatic nitrogens is 4. The van der Waals surface area contributed by atoms with E-state index in [1.165, 1.54) is 19.2 Å². The van der Waals surface area contributed by atoms with Gasteiger partial charge in [0.2, 0.25) is 0 Å². The van der Waals surface area contributed by atoms with E-state index in [0.717, 1.165) is 0 Å². The first-order valence-electron chi connectivity index (χ1n) is 8.24. The van der Waals surface area contributed by atoms with Gasteiger partial charge in [0.05, 0.1) is 29.4 Å². The SMILES string of the molecule is COC(=O)c1cc(-c2ccc(F)cc2)nc2c1c(C)nn2-c1ccccn1. The lowest BCUT2D eigenvalue weighted by Gasteiger charge is -2.08. The molecule has 134 valence electrons. The molecule has 0 aliphatic heterocycles. The molecule has 0 radical (unpaired) electrons. The summed E-state index contributed by atoms with van der Waals surface area (Å²) < 4.78 is 19.8. The molecule has 0 bridgehead atoms. The first-order chi connectivity index (χ1) is 13.1. The Morgan fingerprint density at radius 2 is 1.93 bits per heavy atom. The summed E-state index contributed by atoms with van der Waals surface area (Å²) in [5.74, 6) is -0.257. The standard InChI is InChI=1S/C20H15FN4O2/c1-12-18-15(20(26)27-2)11-16(13-6-8-14(21)9-7-13)23-19(18)25(24-12)17-5-3-4-10-22-17/h3-11H,1-2H3. The zero-order chi connectivity index (χ0) is 19.0. The van der Waals surface area contributed by atoms with E-state index >= 15 is 0 Å². The van der Waals surface area contributed by atoms with E-state index < -0.39 is 5.97 Å². The molecule has 0 unspecified atom stereocenters. The molecule has 7 heteroatoms. The van der Waals surface area contributed by atoms with Gasteiger partial charge in [0.25, 0.3) is 0 Å². The monoisotopic (exact) mass is 362 g/mol. The second-order valence-corrected chi connectivity index (χ2v) is 5.94. The summed E-state index contributed by atoms with van der Waals surface area (Å²) >= 11 is 0. The number of esters is 1. The Kier molecular flexibility index (Phi) is 4.12. The zero-order valence-corrected chi connectivity index (χ0v) is 14.7. The van der Waals surface area contributed by atoms with Crippen LogP contribution in [0, 0.1) is 12.7 Å². The van der Waals surface area contributed by atoms with Crippen molar-refractivity contribution in [3.05, 3.63) is 71.8 Å². The second-order valence-electron chi connectivity index (χ2n) is 5.94. The number of methoxy groups -OCH3 is 1. The van der Waals surface area contributed by atoms with Crippen LogP contribution in [0.4, 0.5) is 4.39 Å². The second kappa shape index (κ2) is 6.60. The van der Waals surface area contributed by atoms with Gasteiger partial charge < -0.3 is 4.74 Å². The van der Waals surface area contributed by atoms with E-state index in [4.69, 9.17) is 4.74 Å².